The molecule has 0 saturated heterocycles. The van der Waals surface area contributed by atoms with Crippen LogP contribution in [0.15, 0.2) is 18.2 Å². The zero-order valence-electron chi connectivity index (χ0n) is 7.73. The van der Waals surface area contributed by atoms with Crippen LogP contribution in [0.3, 0.4) is 0 Å². The third-order valence-electron chi connectivity index (χ3n) is 1.88. The molecule has 0 heterocycles. The van der Waals surface area contributed by atoms with E-state index < -0.39 is 6.67 Å². The Kier molecular flexibility index (Phi) is 3.01. The van der Waals surface area contributed by atoms with Crippen molar-refractivity contribution in [1.29, 1.82) is 0 Å². The van der Waals surface area contributed by atoms with Gasteiger partial charge in [0.25, 0.3) is 5.91 Å². The third-order valence-corrected chi connectivity index (χ3v) is 1.88. The zero-order chi connectivity index (χ0) is 9.84. The number of amides is 1. The molecule has 0 aliphatic carbocycles. The van der Waals surface area contributed by atoms with Gasteiger partial charge in [-0.2, -0.15) is 0 Å². The molecule has 0 unspecified atom stereocenters. The first-order valence-corrected chi connectivity index (χ1v) is 4.06. The van der Waals surface area contributed by atoms with Crippen LogP contribution >= 0.6 is 0 Å². The Morgan fingerprint density at radius 2 is 2.23 bits per heavy atom. The minimum atomic E-state index is -0.608. The highest BCUT2D eigenvalue weighted by Crippen LogP contribution is 2.12. The van der Waals surface area contributed by atoms with Gasteiger partial charge in [0.1, 0.15) is 6.67 Å². The van der Waals surface area contributed by atoms with E-state index in [2.05, 4.69) is 5.32 Å². The fourth-order valence-corrected chi connectivity index (χ4v) is 1.15. The molecule has 1 N–H and O–H groups in total. The van der Waals surface area contributed by atoms with Gasteiger partial charge in [0, 0.05) is 12.6 Å². The standard InChI is InChI=1S/C10H12FNO/c1-7-3-4-8(6-11)9(5-7)10(13)12-2/h3-5H,6H2,1-2H3,(H,12,13). The van der Waals surface area contributed by atoms with Gasteiger partial charge in [-0.3, -0.25) is 4.79 Å². The van der Waals surface area contributed by atoms with E-state index >= 15 is 0 Å². The van der Waals surface area contributed by atoms with Crippen molar-refractivity contribution < 1.29 is 9.18 Å². The lowest BCUT2D eigenvalue weighted by Crippen LogP contribution is -2.19. The molecule has 70 valence electrons. The van der Waals surface area contributed by atoms with Gasteiger partial charge in [-0.1, -0.05) is 17.7 Å². The highest BCUT2D eigenvalue weighted by atomic mass is 19.1. The Morgan fingerprint density at radius 3 is 2.77 bits per heavy atom. The number of carbonyl (C=O) groups excluding carboxylic acids is 1. The number of nitrogens with one attached hydrogen (secondary N) is 1. The van der Waals surface area contributed by atoms with Gasteiger partial charge in [0.2, 0.25) is 0 Å². The number of benzene rings is 1. The zero-order valence-corrected chi connectivity index (χ0v) is 7.73. The van der Waals surface area contributed by atoms with Gasteiger partial charge in [0.05, 0.1) is 0 Å². The van der Waals surface area contributed by atoms with Gasteiger partial charge in [0.15, 0.2) is 0 Å². The van der Waals surface area contributed by atoms with Crippen LogP contribution in [0.4, 0.5) is 4.39 Å². The highest BCUT2D eigenvalue weighted by Gasteiger charge is 2.09. The smallest absolute Gasteiger partial charge is 0.251 e. The van der Waals surface area contributed by atoms with E-state index in [1.807, 2.05) is 6.92 Å². The summed E-state index contributed by atoms with van der Waals surface area (Å²) >= 11 is 0. The van der Waals surface area contributed by atoms with E-state index in [1.165, 1.54) is 7.05 Å². The SMILES string of the molecule is CNC(=O)c1cc(C)ccc1CF. The lowest BCUT2D eigenvalue weighted by molar-refractivity contribution is 0.0961. The molecule has 1 amide bonds. The van der Waals surface area contributed by atoms with Gasteiger partial charge in [-0.15, -0.1) is 0 Å². The number of hydrogen-bond acceptors (Lipinski definition) is 1. The van der Waals surface area contributed by atoms with Crippen molar-refractivity contribution in [2.75, 3.05) is 7.05 Å². The summed E-state index contributed by atoms with van der Waals surface area (Å²) in [7, 11) is 1.53. The molecule has 1 aromatic rings. The predicted octanol–water partition coefficient (Wildman–Crippen LogP) is 1.82. The Labute approximate surface area is 76.8 Å². The largest absolute Gasteiger partial charge is 0.355 e. The van der Waals surface area contributed by atoms with Gasteiger partial charge >= 0.3 is 0 Å². The van der Waals surface area contributed by atoms with Crippen molar-refractivity contribution in [3.8, 4) is 0 Å². The second-order valence-corrected chi connectivity index (χ2v) is 2.87. The summed E-state index contributed by atoms with van der Waals surface area (Å²) < 4.78 is 12.4. The van der Waals surface area contributed by atoms with Crippen LogP contribution < -0.4 is 5.32 Å². The second kappa shape index (κ2) is 4.03. The Balaban J connectivity index is 3.15. The molecular weight excluding hydrogens is 169 g/mol. The lowest BCUT2D eigenvalue weighted by Gasteiger charge is -2.05. The van der Waals surface area contributed by atoms with E-state index in [4.69, 9.17) is 0 Å². The van der Waals surface area contributed by atoms with Crippen molar-refractivity contribution in [1.82, 2.24) is 5.32 Å². The molecular formula is C10H12FNO. The maximum atomic E-state index is 12.4. The monoisotopic (exact) mass is 181 g/mol. The number of aryl methyl sites for hydroxylation is 1. The van der Waals surface area contributed by atoms with E-state index in [0.717, 1.165) is 5.56 Å². The summed E-state index contributed by atoms with van der Waals surface area (Å²) in [6, 6.07) is 5.12. The Bertz CT molecular complexity index is 323. The minimum Gasteiger partial charge on any atom is -0.355 e. The second-order valence-electron chi connectivity index (χ2n) is 2.87. The Hall–Kier alpha value is -1.38. The maximum Gasteiger partial charge on any atom is 0.251 e. The number of halogens is 1. The molecule has 2 nitrogen and oxygen atoms in total. The van der Waals surface area contributed by atoms with Crippen molar-refractivity contribution in [2.45, 2.75) is 13.6 Å². The molecule has 0 saturated carbocycles. The first-order valence-electron chi connectivity index (χ1n) is 4.06. The van der Waals surface area contributed by atoms with Crippen LogP contribution in [0.2, 0.25) is 0 Å². The molecule has 3 heteroatoms. The molecule has 0 fully saturated rings. The molecule has 0 aromatic heterocycles. The lowest BCUT2D eigenvalue weighted by atomic mass is 10.0. The predicted molar refractivity (Wildman–Crippen MR) is 49.4 cm³/mol. The average Bonchev–Trinajstić information content (AvgIpc) is 2.16. The quantitative estimate of drug-likeness (QED) is 0.740. The van der Waals surface area contributed by atoms with Crippen molar-refractivity contribution >= 4 is 5.91 Å². The van der Waals surface area contributed by atoms with Crippen LogP contribution in [-0.4, -0.2) is 13.0 Å². The summed E-state index contributed by atoms with van der Waals surface area (Å²) in [5, 5.41) is 2.48. The molecule has 0 atom stereocenters. The maximum absolute atomic E-state index is 12.4. The Morgan fingerprint density at radius 1 is 1.54 bits per heavy atom. The van der Waals surface area contributed by atoms with E-state index in [-0.39, 0.29) is 5.91 Å². The summed E-state index contributed by atoms with van der Waals surface area (Å²) in [6.45, 7) is 1.26. The summed E-state index contributed by atoms with van der Waals surface area (Å²) in [6.07, 6.45) is 0. The summed E-state index contributed by atoms with van der Waals surface area (Å²) in [5.41, 5.74) is 1.81. The molecule has 0 bridgehead atoms. The fraction of sp³-hybridized carbons (Fsp3) is 0.300. The van der Waals surface area contributed by atoms with E-state index in [9.17, 15) is 9.18 Å². The van der Waals surface area contributed by atoms with E-state index in [0.29, 0.717) is 11.1 Å². The van der Waals surface area contributed by atoms with E-state index in [1.54, 1.807) is 18.2 Å². The van der Waals surface area contributed by atoms with Crippen LogP contribution in [-0.2, 0) is 6.67 Å². The van der Waals surface area contributed by atoms with Crippen LogP contribution in [0.1, 0.15) is 21.5 Å². The summed E-state index contributed by atoms with van der Waals surface area (Å²) in [5.74, 6) is -0.239. The number of rotatable bonds is 2. The van der Waals surface area contributed by atoms with Gasteiger partial charge in [-0.05, 0) is 18.6 Å². The van der Waals surface area contributed by atoms with Crippen molar-refractivity contribution in [3.63, 3.8) is 0 Å². The van der Waals surface area contributed by atoms with Crippen molar-refractivity contribution in [2.24, 2.45) is 0 Å². The molecule has 0 spiro atoms. The number of alkyl halides is 1. The number of hydrogen-bond donors (Lipinski definition) is 1. The minimum absolute atomic E-state index is 0.239. The van der Waals surface area contributed by atoms with Gasteiger partial charge < -0.3 is 5.32 Å². The molecule has 1 aromatic carbocycles. The first-order chi connectivity index (χ1) is 6.19. The van der Waals surface area contributed by atoms with Crippen LogP contribution in [0, 0.1) is 6.92 Å². The molecule has 0 aliphatic heterocycles. The van der Waals surface area contributed by atoms with Crippen LogP contribution in [0.5, 0.6) is 0 Å². The summed E-state index contributed by atoms with van der Waals surface area (Å²) in [4.78, 5) is 11.3. The fourth-order valence-electron chi connectivity index (χ4n) is 1.15. The first kappa shape index (κ1) is 9.71. The molecule has 1 rings (SSSR count). The normalized spacial score (nSPS) is 9.77. The number of carbonyl (C=O) groups is 1. The average molecular weight is 181 g/mol. The molecule has 0 aliphatic rings. The molecule has 0 radical (unpaired) electrons. The molecule has 13 heavy (non-hydrogen) atoms. The van der Waals surface area contributed by atoms with Crippen LogP contribution in [0.25, 0.3) is 0 Å². The third kappa shape index (κ3) is 2.05. The topological polar surface area (TPSA) is 29.1 Å². The van der Waals surface area contributed by atoms with Gasteiger partial charge in [-0.25, -0.2) is 4.39 Å². The highest BCUT2D eigenvalue weighted by molar-refractivity contribution is 5.95. The van der Waals surface area contributed by atoms with Crippen molar-refractivity contribution in [3.05, 3.63) is 34.9 Å².